The third-order valence-electron chi connectivity index (χ3n) is 5.60. The smallest absolute Gasteiger partial charge is 0.253 e. The second-order valence-electron chi connectivity index (χ2n) is 7.05. The Labute approximate surface area is 152 Å². The molecule has 132 valence electrons. The lowest BCUT2D eigenvalue weighted by molar-refractivity contribution is 0.0306. The molecule has 2 fully saturated rings. The monoisotopic (exact) mass is 357 g/mol. The van der Waals surface area contributed by atoms with E-state index in [9.17, 15) is 9.90 Å². The number of nitrogens with zero attached hydrogens (tertiary/aromatic N) is 3. The van der Waals surface area contributed by atoms with E-state index in [2.05, 4.69) is 5.10 Å². The number of aliphatic hydroxyl groups is 1. The zero-order valence-corrected chi connectivity index (χ0v) is 15.1. The number of carbonyl (C=O) groups is 1. The minimum absolute atomic E-state index is 0.0205. The van der Waals surface area contributed by atoms with Crippen LogP contribution in [0.3, 0.4) is 0 Å². The van der Waals surface area contributed by atoms with Crippen LogP contribution in [0.25, 0.3) is 0 Å². The number of likely N-dealkylation sites (tertiary alicyclic amines) is 1. The van der Waals surface area contributed by atoms with Gasteiger partial charge in [-0.1, -0.05) is 0 Å². The SMILES string of the molecule is CSc1ccc(C(=O)N2C[C@H]3C[C@@H](n4cccn4)[C@H](O)C[C@H]3C2)cc1. The fourth-order valence-electron chi connectivity index (χ4n) is 4.25. The summed E-state index contributed by atoms with van der Waals surface area (Å²) in [4.78, 5) is 15.9. The molecule has 1 aliphatic heterocycles. The first-order valence-corrected chi connectivity index (χ1v) is 9.98. The number of hydrogen-bond acceptors (Lipinski definition) is 4. The van der Waals surface area contributed by atoms with Gasteiger partial charge in [0, 0.05) is 35.9 Å². The van der Waals surface area contributed by atoms with Gasteiger partial charge in [-0.25, -0.2) is 0 Å². The molecule has 1 amide bonds. The van der Waals surface area contributed by atoms with Crippen molar-refractivity contribution in [2.24, 2.45) is 11.8 Å². The molecule has 2 heterocycles. The average Bonchev–Trinajstić information content (AvgIpc) is 3.29. The van der Waals surface area contributed by atoms with Gasteiger partial charge in [0.1, 0.15) is 0 Å². The van der Waals surface area contributed by atoms with Gasteiger partial charge in [-0.15, -0.1) is 11.8 Å². The number of hydrogen-bond donors (Lipinski definition) is 1. The summed E-state index contributed by atoms with van der Waals surface area (Å²) in [6.45, 7) is 1.52. The van der Waals surface area contributed by atoms with E-state index in [-0.39, 0.29) is 11.9 Å². The van der Waals surface area contributed by atoms with Gasteiger partial charge >= 0.3 is 0 Å². The van der Waals surface area contributed by atoms with Crippen molar-refractivity contribution in [1.82, 2.24) is 14.7 Å². The molecule has 4 atom stereocenters. The molecule has 1 saturated heterocycles. The van der Waals surface area contributed by atoms with E-state index in [0.29, 0.717) is 11.8 Å². The van der Waals surface area contributed by atoms with Crippen molar-refractivity contribution in [3.05, 3.63) is 48.3 Å². The Morgan fingerprint density at radius 3 is 2.56 bits per heavy atom. The highest BCUT2D eigenvalue weighted by atomic mass is 32.2. The molecule has 25 heavy (non-hydrogen) atoms. The van der Waals surface area contributed by atoms with Crippen LogP contribution in [0.4, 0.5) is 0 Å². The van der Waals surface area contributed by atoms with Crippen molar-refractivity contribution < 1.29 is 9.90 Å². The maximum atomic E-state index is 12.8. The summed E-state index contributed by atoms with van der Waals surface area (Å²) in [7, 11) is 0. The molecule has 1 aliphatic carbocycles. The molecule has 0 spiro atoms. The van der Waals surface area contributed by atoms with Gasteiger partial charge in [0.25, 0.3) is 5.91 Å². The van der Waals surface area contributed by atoms with Gasteiger partial charge in [0.2, 0.25) is 0 Å². The Balaban J connectivity index is 1.46. The summed E-state index contributed by atoms with van der Waals surface area (Å²) in [5.41, 5.74) is 0.751. The van der Waals surface area contributed by atoms with Gasteiger partial charge < -0.3 is 10.0 Å². The molecule has 4 rings (SSSR count). The maximum absolute atomic E-state index is 12.8. The fourth-order valence-corrected chi connectivity index (χ4v) is 4.66. The summed E-state index contributed by atoms with van der Waals surface area (Å²) >= 11 is 1.68. The number of benzene rings is 1. The molecule has 5 nitrogen and oxygen atoms in total. The predicted octanol–water partition coefficient (Wildman–Crippen LogP) is 2.69. The third kappa shape index (κ3) is 3.20. The minimum atomic E-state index is -0.392. The lowest BCUT2D eigenvalue weighted by atomic mass is 9.77. The zero-order valence-electron chi connectivity index (χ0n) is 14.3. The summed E-state index contributed by atoms with van der Waals surface area (Å²) in [6, 6.07) is 9.74. The normalized spacial score (nSPS) is 28.8. The van der Waals surface area contributed by atoms with Crippen LogP contribution in [0.2, 0.25) is 0 Å². The number of aromatic nitrogens is 2. The molecule has 6 heteroatoms. The Bertz CT molecular complexity index is 732. The summed E-state index contributed by atoms with van der Waals surface area (Å²) in [5.74, 6) is 0.926. The molecule has 1 aromatic heterocycles. The first-order chi connectivity index (χ1) is 12.2. The second-order valence-corrected chi connectivity index (χ2v) is 7.93. The molecule has 0 bridgehead atoms. The molecule has 1 N–H and O–H groups in total. The lowest BCUT2D eigenvalue weighted by Crippen LogP contribution is -2.36. The topological polar surface area (TPSA) is 58.4 Å². The van der Waals surface area contributed by atoms with Crippen LogP contribution in [0.5, 0.6) is 0 Å². The first kappa shape index (κ1) is 16.7. The molecular formula is C19H23N3O2S. The van der Waals surface area contributed by atoms with E-state index in [4.69, 9.17) is 0 Å². The highest BCUT2D eigenvalue weighted by Crippen LogP contribution is 2.41. The highest BCUT2D eigenvalue weighted by molar-refractivity contribution is 7.98. The van der Waals surface area contributed by atoms with Crippen LogP contribution in [0, 0.1) is 11.8 Å². The van der Waals surface area contributed by atoms with E-state index in [0.717, 1.165) is 36.4 Å². The highest BCUT2D eigenvalue weighted by Gasteiger charge is 2.43. The average molecular weight is 357 g/mol. The summed E-state index contributed by atoms with van der Waals surface area (Å²) in [5, 5.41) is 14.8. The zero-order chi connectivity index (χ0) is 17.4. The van der Waals surface area contributed by atoms with Crippen molar-refractivity contribution in [2.75, 3.05) is 19.3 Å². The van der Waals surface area contributed by atoms with E-state index < -0.39 is 6.10 Å². The largest absolute Gasteiger partial charge is 0.391 e. The Kier molecular flexibility index (Phi) is 4.56. The standard InChI is InChI=1S/C19H23N3O2S/c1-25-16-5-3-13(4-6-16)19(24)21-11-14-9-17(22-8-2-7-20-22)18(23)10-15(14)12-21/h2-8,14-15,17-18,23H,9-12H2,1H3/t14-,15+,17-,18-/m1/s1. The van der Waals surface area contributed by atoms with Crippen LogP contribution >= 0.6 is 11.8 Å². The van der Waals surface area contributed by atoms with Crippen molar-refractivity contribution >= 4 is 17.7 Å². The molecular weight excluding hydrogens is 334 g/mol. The predicted molar refractivity (Wildman–Crippen MR) is 97.6 cm³/mol. The van der Waals surface area contributed by atoms with E-state index >= 15 is 0 Å². The number of thioether (sulfide) groups is 1. The van der Waals surface area contributed by atoms with Gasteiger partial charge in [0.15, 0.2) is 0 Å². The van der Waals surface area contributed by atoms with Crippen molar-refractivity contribution in [1.29, 1.82) is 0 Å². The van der Waals surface area contributed by atoms with Crippen LogP contribution in [-0.4, -0.2) is 51.1 Å². The molecule has 2 aliphatic rings. The van der Waals surface area contributed by atoms with E-state index in [1.165, 1.54) is 0 Å². The van der Waals surface area contributed by atoms with Gasteiger partial charge in [-0.05, 0) is 61.3 Å². The van der Waals surface area contributed by atoms with E-state index in [1.807, 2.05) is 52.4 Å². The van der Waals surface area contributed by atoms with Crippen LogP contribution < -0.4 is 0 Å². The number of fused-ring (bicyclic) bond motifs is 1. The minimum Gasteiger partial charge on any atom is -0.391 e. The van der Waals surface area contributed by atoms with Gasteiger partial charge in [-0.2, -0.15) is 5.10 Å². The number of rotatable bonds is 3. The summed E-state index contributed by atoms with van der Waals surface area (Å²) in [6.07, 6.45) is 6.93. The van der Waals surface area contributed by atoms with Crippen molar-refractivity contribution in [3.8, 4) is 0 Å². The Morgan fingerprint density at radius 2 is 1.92 bits per heavy atom. The van der Waals surface area contributed by atoms with Crippen molar-refractivity contribution in [3.63, 3.8) is 0 Å². The molecule has 1 saturated carbocycles. The second kappa shape index (κ2) is 6.84. The van der Waals surface area contributed by atoms with Gasteiger partial charge in [0.05, 0.1) is 12.1 Å². The first-order valence-electron chi connectivity index (χ1n) is 8.76. The quantitative estimate of drug-likeness (QED) is 0.858. The maximum Gasteiger partial charge on any atom is 0.253 e. The Hall–Kier alpha value is -1.79. The number of aliphatic hydroxyl groups excluding tert-OH is 1. The lowest BCUT2D eigenvalue weighted by Gasteiger charge is -2.35. The summed E-state index contributed by atoms with van der Waals surface area (Å²) < 4.78 is 1.87. The third-order valence-corrected chi connectivity index (χ3v) is 6.34. The van der Waals surface area contributed by atoms with Crippen LogP contribution in [0.1, 0.15) is 29.2 Å². The molecule has 1 aromatic carbocycles. The Morgan fingerprint density at radius 1 is 1.20 bits per heavy atom. The van der Waals surface area contributed by atoms with Crippen molar-refractivity contribution in [2.45, 2.75) is 29.9 Å². The number of carbonyl (C=O) groups excluding carboxylic acids is 1. The number of amides is 1. The molecule has 0 unspecified atom stereocenters. The van der Waals surface area contributed by atoms with Gasteiger partial charge in [-0.3, -0.25) is 9.48 Å². The van der Waals surface area contributed by atoms with Crippen LogP contribution in [0.15, 0.2) is 47.6 Å². The van der Waals surface area contributed by atoms with E-state index in [1.54, 1.807) is 18.0 Å². The fraction of sp³-hybridized carbons (Fsp3) is 0.474. The molecule has 0 radical (unpaired) electrons. The van der Waals surface area contributed by atoms with Crippen LogP contribution in [-0.2, 0) is 0 Å². The molecule has 2 aromatic rings.